The van der Waals surface area contributed by atoms with Crippen LogP contribution in [0.3, 0.4) is 0 Å². The Bertz CT molecular complexity index is 3620. The molecule has 0 radical (unpaired) electrons. The van der Waals surface area contributed by atoms with E-state index in [2.05, 4.69) is 266 Å². The summed E-state index contributed by atoms with van der Waals surface area (Å²) < 4.78 is 0. The predicted octanol–water partition coefficient (Wildman–Crippen LogP) is 18.1. The highest BCUT2D eigenvalue weighted by Crippen LogP contribution is 2.41. The summed E-state index contributed by atoms with van der Waals surface area (Å²) in [6, 6.07) is 95.1. The fourth-order valence-corrected chi connectivity index (χ4v) is 9.77. The molecule has 0 aliphatic carbocycles. The van der Waals surface area contributed by atoms with Crippen molar-refractivity contribution in [3.63, 3.8) is 0 Å². The molecule has 0 unspecified atom stereocenters. The lowest BCUT2D eigenvalue weighted by molar-refractivity contribution is 1.28. The molecule has 0 heterocycles. The minimum atomic E-state index is 1.09. The van der Waals surface area contributed by atoms with Gasteiger partial charge in [-0.25, -0.2) is 0 Å². The van der Waals surface area contributed by atoms with E-state index in [4.69, 9.17) is 0 Å². The maximum atomic E-state index is 2.37. The van der Waals surface area contributed by atoms with Crippen molar-refractivity contribution >= 4 is 60.2 Å². The van der Waals surface area contributed by atoms with Crippen LogP contribution in [0, 0.1) is 0 Å². The van der Waals surface area contributed by atoms with Crippen LogP contribution in [0.5, 0.6) is 0 Å². The van der Waals surface area contributed by atoms with Crippen LogP contribution in [-0.2, 0) is 0 Å². The van der Waals surface area contributed by atoms with Crippen LogP contribution in [0.4, 0.5) is 17.1 Å². The van der Waals surface area contributed by atoms with Crippen molar-refractivity contribution in [2.75, 3.05) is 4.90 Å². The van der Waals surface area contributed by atoms with Crippen LogP contribution in [0.2, 0.25) is 0 Å². The van der Waals surface area contributed by atoms with Gasteiger partial charge in [-0.05, 0) is 147 Å². The van der Waals surface area contributed by atoms with Crippen LogP contribution >= 0.6 is 0 Å². The summed E-state index contributed by atoms with van der Waals surface area (Å²) >= 11 is 0. The first-order valence-corrected chi connectivity index (χ1v) is 22.4. The molecule has 1 heteroatoms. The number of anilines is 3. The molecular weight excluding hydrogens is 783 g/mol. The minimum Gasteiger partial charge on any atom is -0.311 e. The van der Waals surface area contributed by atoms with Crippen molar-refractivity contribution in [2.45, 2.75) is 0 Å². The Hall–Kier alpha value is -8.52. The standard InChI is InChI=1S/C64H43N/c1-2-12-44(13-3-1)45-24-26-46(27-25-45)47-28-35-54(36-29-47)65(55-37-30-48(31-38-55)51-16-10-17-53(42-51)58-23-11-15-50-14-4-5-18-57(50)58)56-39-32-49(33-40-56)52-34-41-63-61-21-7-6-19-59(61)60-20-8-9-22-62(60)64(63)43-52/h1-43H. The first kappa shape index (κ1) is 38.2. The Morgan fingerprint density at radius 3 is 1.08 bits per heavy atom. The summed E-state index contributed by atoms with van der Waals surface area (Å²) in [4.78, 5) is 2.36. The summed E-state index contributed by atoms with van der Waals surface area (Å²) in [6.45, 7) is 0. The topological polar surface area (TPSA) is 3.24 Å². The van der Waals surface area contributed by atoms with E-state index in [1.54, 1.807) is 0 Å². The van der Waals surface area contributed by atoms with Crippen LogP contribution in [-0.4, -0.2) is 0 Å². The number of hydrogen-bond donors (Lipinski definition) is 0. The van der Waals surface area contributed by atoms with Gasteiger partial charge in [0.2, 0.25) is 0 Å². The van der Waals surface area contributed by atoms with Gasteiger partial charge in [-0.3, -0.25) is 0 Å². The maximum Gasteiger partial charge on any atom is 0.0462 e. The van der Waals surface area contributed by atoms with Gasteiger partial charge < -0.3 is 4.90 Å². The number of rotatable bonds is 8. The molecule has 0 aliphatic rings. The minimum absolute atomic E-state index is 1.09. The highest BCUT2D eigenvalue weighted by Gasteiger charge is 2.16. The molecule has 12 aromatic rings. The van der Waals surface area contributed by atoms with Gasteiger partial charge in [0.25, 0.3) is 0 Å². The second kappa shape index (κ2) is 16.3. The molecule has 65 heavy (non-hydrogen) atoms. The first-order chi connectivity index (χ1) is 32.2. The van der Waals surface area contributed by atoms with Gasteiger partial charge in [0, 0.05) is 17.1 Å². The van der Waals surface area contributed by atoms with E-state index in [1.165, 1.54) is 98.7 Å². The molecule has 0 saturated heterocycles. The molecule has 0 atom stereocenters. The van der Waals surface area contributed by atoms with E-state index in [-0.39, 0.29) is 0 Å². The van der Waals surface area contributed by atoms with Gasteiger partial charge >= 0.3 is 0 Å². The van der Waals surface area contributed by atoms with Gasteiger partial charge in [-0.15, -0.1) is 0 Å². The van der Waals surface area contributed by atoms with Crippen LogP contribution < -0.4 is 4.90 Å². The molecule has 1 nitrogen and oxygen atoms in total. The Morgan fingerprint density at radius 1 is 0.185 bits per heavy atom. The molecule has 0 bridgehead atoms. The Morgan fingerprint density at radius 2 is 0.523 bits per heavy atom. The molecule has 0 aliphatic heterocycles. The highest BCUT2D eigenvalue weighted by atomic mass is 15.1. The second-order valence-corrected chi connectivity index (χ2v) is 16.9. The zero-order valence-electron chi connectivity index (χ0n) is 35.8. The normalized spacial score (nSPS) is 11.4. The number of fused-ring (bicyclic) bond motifs is 7. The van der Waals surface area contributed by atoms with Crippen LogP contribution in [0.25, 0.3) is 98.7 Å². The summed E-state index contributed by atoms with van der Waals surface area (Å²) in [7, 11) is 0. The molecule has 0 aromatic heterocycles. The van der Waals surface area contributed by atoms with Crippen molar-refractivity contribution < 1.29 is 0 Å². The average Bonchev–Trinajstić information content (AvgIpc) is 3.39. The quantitative estimate of drug-likeness (QED) is 0.138. The highest BCUT2D eigenvalue weighted by molar-refractivity contribution is 6.25. The van der Waals surface area contributed by atoms with E-state index in [1.807, 2.05) is 0 Å². The van der Waals surface area contributed by atoms with E-state index in [0.29, 0.717) is 0 Å². The van der Waals surface area contributed by atoms with Crippen LogP contribution in [0.15, 0.2) is 261 Å². The van der Waals surface area contributed by atoms with Crippen molar-refractivity contribution in [2.24, 2.45) is 0 Å². The van der Waals surface area contributed by atoms with Crippen molar-refractivity contribution in [3.8, 4) is 55.6 Å². The molecule has 12 rings (SSSR count). The second-order valence-electron chi connectivity index (χ2n) is 16.9. The third-order valence-electron chi connectivity index (χ3n) is 13.1. The number of hydrogen-bond acceptors (Lipinski definition) is 1. The Kier molecular flexibility index (Phi) is 9.58. The van der Waals surface area contributed by atoms with E-state index >= 15 is 0 Å². The number of benzene rings is 12. The lowest BCUT2D eigenvalue weighted by atomic mass is 9.92. The Balaban J connectivity index is 0.905. The molecule has 0 saturated carbocycles. The largest absolute Gasteiger partial charge is 0.311 e. The fraction of sp³-hybridized carbons (Fsp3) is 0. The monoisotopic (exact) mass is 825 g/mol. The molecular formula is C64H43N. The van der Waals surface area contributed by atoms with Crippen LogP contribution in [0.1, 0.15) is 0 Å². The van der Waals surface area contributed by atoms with E-state index in [0.717, 1.165) is 17.1 Å². The van der Waals surface area contributed by atoms with Gasteiger partial charge in [0.05, 0.1) is 0 Å². The zero-order chi connectivity index (χ0) is 43.1. The molecule has 0 fully saturated rings. The summed E-state index contributed by atoms with van der Waals surface area (Å²) in [6.07, 6.45) is 0. The molecule has 0 N–H and O–H groups in total. The summed E-state index contributed by atoms with van der Waals surface area (Å²) in [5.41, 5.74) is 15.3. The van der Waals surface area contributed by atoms with Gasteiger partial charge in [-0.1, -0.05) is 212 Å². The van der Waals surface area contributed by atoms with Crippen molar-refractivity contribution in [3.05, 3.63) is 261 Å². The fourth-order valence-electron chi connectivity index (χ4n) is 9.77. The molecule has 12 aromatic carbocycles. The number of nitrogens with zero attached hydrogens (tertiary/aromatic N) is 1. The molecule has 304 valence electrons. The lowest BCUT2D eigenvalue weighted by Crippen LogP contribution is -2.09. The molecule has 0 spiro atoms. The Labute approximate surface area is 379 Å². The molecule has 0 amide bonds. The third kappa shape index (κ3) is 7.10. The smallest absolute Gasteiger partial charge is 0.0462 e. The zero-order valence-corrected chi connectivity index (χ0v) is 35.8. The maximum absolute atomic E-state index is 2.37. The van der Waals surface area contributed by atoms with E-state index < -0.39 is 0 Å². The lowest BCUT2D eigenvalue weighted by Gasteiger charge is -2.26. The van der Waals surface area contributed by atoms with Crippen molar-refractivity contribution in [1.82, 2.24) is 0 Å². The first-order valence-electron chi connectivity index (χ1n) is 22.4. The summed E-state index contributed by atoms with van der Waals surface area (Å²) in [5.74, 6) is 0. The van der Waals surface area contributed by atoms with Gasteiger partial charge in [0.1, 0.15) is 0 Å². The SMILES string of the molecule is c1ccc(-c2ccc(-c3ccc(N(c4ccc(-c5cccc(-c6cccc7ccccc67)c5)cc4)c4ccc(-c5ccc6c7ccccc7c7ccccc7c6c5)cc4)cc3)cc2)cc1. The average molecular weight is 826 g/mol. The predicted molar refractivity (Wildman–Crippen MR) is 278 cm³/mol. The third-order valence-corrected chi connectivity index (χ3v) is 13.1. The van der Waals surface area contributed by atoms with Gasteiger partial charge in [-0.2, -0.15) is 0 Å². The van der Waals surface area contributed by atoms with Crippen molar-refractivity contribution in [1.29, 1.82) is 0 Å². The summed E-state index contributed by atoms with van der Waals surface area (Å²) in [5, 5.41) is 10.2. The van der Waals surface area contributed by atoms with Gasteiger partial charge in [0.15, 0.2) is 0 Å². The van der Waals surface area contributed by atoms with E-state index in [9.17, 15) is 0 Å².